The molecular weight excluding hydrogens is 282 g/mol. The van der Waals surface area contributed by atoms with E-state index >= 15 is 0 Å². The standard InChI is InChI=1S/C14H16ClNO2S/c15-12-2-1-11(19-12)10(17)6-16-5-8-3-7-4-9(8)13(16)14(7)18/h1-2,7-9,13-14,18H,3-6H2. The first-order valence-electron chi connectivity index (χ1n) is 6.84. The van der Waals surface area contributed by atoms with Crippen LogP contribution in [0.5, 0.6) is 0 Å². The van der Waals surface area contributed by atoms with Gasteiger partial charge in [0.1, 0.15) is 0 Å². The van der Waals surface area contributed by atoms with Gasteiger partial charge in [-0.1, -0.05) is 11.6 Å². The number of rotatable bonds is 3. The van der Waals surface area contributed by atoms with Gasteiger partial charge in [0.15, 0.2) is 5.78 Å². The normalized spacial score (nSPS) is 40.2. The number of halogens is 1. The van der Waals surface area contributed by atoms with Gasteiger partial charge in [0.2, 0.25) is 0 Å². The van der Waals surface area contributed by atoms with Crippen LogP contribution in [0, 0.1) is 17.8 Å². The molecule has 0 spiro atoms. The Morgan fingerprint density at radius 2 is 2.26 bits per heavy atom. The van der Waals surface area contributed by atoms with Gasteiger partial charge in [0, 0.05) is 12.6 Å². The second-order valence-electron chi connectivity index (χ2n) is 6.09. The summed E-state index contributed by atoms with van der Waals surface area (Å²) < 4.78 is 0.658. The van der Waals surface area contributed by atoms with E-state index in [-0.39, 0.29) is 17.9 Å². The van der Waals surface area contributed by atoms with Crippen molar-refractivity contribution < 1.29 is 9.90 Å². The van der Waals surface area contributed by atoms with Crippen LogP contribution in [0.3, 0.4) is 0 Å². The summed E-state index contributed by atoms with van der Waals surface area (Å²) >= 11 is 7.22. The summed E-state index contributed by atoms with van der Waals surface area (Å²) in [6, 6.07) is 3.80. The minimum Gasteiger partial charge on any atom is -0.391 e. The highest BCUT2D eigenvalue weighted by Crippen LogP contribution is 2.54. The average molecular weight is 298 g/mol. The molecule has 3 fully saturated rings. The van der Waals surface area contributed by atoms with Gasteiger partial charge >= 0.3 is 0 Å². The van der Waals surface area contributed by atoms with Gasteiger partial charge in [-0.25, -0.2) is 0 Å². The predicted octanol–water partition coefficient (Wildman–Crippen LogP) is 2.29. The summed E-state index contributed by atoms with van der Waals surface area (Å²) in [6.45, 7) is 1.41. The van der Waals surface area contributed by atoms with E-state index in [1.807, 2.05) is 0 Å². The number of carbonyl (C=O) groups is 1. The highest BCUT2D eigenvalue weighted by molar-refractivity contribution is 7.18. The van der Waals surface area contributed by atoms with Crippen molar-refractivity contribution in [2.45, 2.75) is 25.0 Å². The second-order valence-corrected chi connectivity index (χ2v) is 7.81. The van der Waals surface area contributed by atoms with E-state index < -0.39 is 0 Å². The molecule has 2 aliphatic carbocycles. The Hall–Kier alpha value is -0.420. The minimum absolute atomic E-state index is 0.133. The van der Waals surface area contributed by atoms with E-state index in [0.717, 1.165) is 24.3 Å². The monoisotopic (exact) mass is 297 g/mol. The Morgan fingerprint density at radius 3 is 2.95 bits per heavy atom. The number of carbonyl (C=O) groups excluding carboxylic acids is 1. The van der Waals surface area contributed by atoms with Crippen molar-refractivity contribution in [2.75, 3.05) is 13.1 Å². The van der Waals surface area contributed by atoms with E-state index in [2.05, 4.69) is 4.90 Å². The third-order valence-electron chi connectivity index (χ3n) is 5.14. The molecule has 1 saturated heterocycles. The van der Waals surface area contributed by atoms with Crippen molar-refractivity contribution in [3.8, 4) is 0 Å². The van der Waals surface area contributed by atoms with Crippen molar-refractivity contribution in [3.05, 3.63) is 21.3 Å². The van der Waals surface area contributed by atoms with Gasteiger partial charge < -0.3 is 5.11 Å². The molecular formula is C14H16ClNO2S. The summed E-state index contributed by atoms with van der Waals surface area (Å²) in [4.78, 5) is 15.2. The SMILES string of the molecule is O=C(CN1CC2CC3CC2C1C3O)c1ccc(Cl)s1. The molecule has 0 amide bonds. The third-order valence-corrected chi connectivity index (χ3v) is 6.42. The second kappa shape index (κ2) is 4.29. The summed E-state index contributed by atoms with van der Waals surface area (Å²) in [5.41, 5.74) is 0. The summed E-state index contributed by atoms with van der Waals surface area (Å²) in [5, 5.41) is 10.3. The minimum atomic E-state index is -0.219. The van der Waals surface area contributed by atoms with E-state index in [9.17, 15) is 9.90 Å². The number of Topliss-reactive ketones (excluding diaryl/α,β-unsaturated/α-hetero) is 1. The molecule has 5 unspecified atom stereocenters. The molecule has 5 heteroatoms. The van der Waals surface area contributed by atoms with Crippen LogP contribution in [0.25, 0.3) is 0 Å². The fraction of sp³-hybridized carbons (Fsp3) is 0.643. The lowest BCUT2D eigenvalue weighted by Gasteiger charge is -2.28. The highest BCUT2D eigenvalue weighted by Gasteiger charge is 2.58. The van der Waals surface area contributed by atoms with E-state index in [1.165, 1.54) is 11.3 Å². The third kappa shape index (κ3) is 1.81. The molecule has 1 N–H and O–H groups in total. The zero-order valence-corrected chi connectivity index (χ0v) is 12.0. The van der Waals surface area contributed by atoms with Crippen LogP contribution in [0.4, 0.5) is 0 Å². The lowest BCUT2D eigenvalue weighted by atomic mass is 9.88. The van der Waals surface area contributed by atoms with Crippen LogP contribution in [0.15, 0.2) is 12.1 Å². The Morgan fingerprint density at radius 1 is 1.42 bits per heavy atom. The maximum absolute atomic E-state index is 12.3. The number of aliphatic hydroxyl groups is 1. The lowest BCUT2D eigenvalue weighted by Crippen LogP contribution is -2.42. The molecule has 102 valence electrons. The van der Waals surface area contributed by atoms with E-state index in [4.69, 9.17) is 11.6 Å². The number of ketones is 1. The Labute approximate surface area is 121 Å². The quantitative estimate of drug-likeness (QED) is 0.870. The molecule has 3 aliphatic rings. The molecule has 2 heterocycles. The largest absolute Gasteiger partial charge is 0.391 e. The molecule has 5 atom stereocenters. The zero-order valence-electron chi connectivity index (χ0n) is 10.5. The summed E-state index contributed by atoms with van der Waals surface area (Å²) in [7, 11) is 0. The van der Waals surface area contributed by atoms with Gasteiger partial charge in [0.25, 0.3) is 0 Å². The first-order chi connectivity index (χ1) is 9.13. The van der Waals surface area contributed by atoms with Crippen molar-refractivity contribution in [3.63, 3.8) is 0 Å². The summed E-state index contributed by atoms with van der Waals surface area (Å²) in [5.74, 6) is 1.95. The molecule has 3 nitrogen and oxygen atoms in total. The first-order valence-corrected chi connectivity index (χ1v) is 8.03. The van der Waals surface area contributed by atoms with Crippen molar-refractivity contribution in [1.82, 2.24) is 4.90 Å². The molecule has 4 rings (SSSR count). The van der Waals surface area contributed by atoms with Crippen molar-refractivity contribution in [1.29, 1.82) is 0 Å². The predicted molar refractivity (Wildman–Crippen MR) is 74.7 cm³/mol. The number of aliphatic hydroxyl groups excluding tert-OH is 1. The van der Waals surface area contributed by atoms with Crippen LogP contribution in [-0.4, -0.2) is 41.0 Å². The maximum Gasteiger partial charge on any atom is 0.186 e. The molecule has 0 aromatic carbocycles. The van der Waals surface area contributed by atoms with Crippen molar-refractivity contribution in [2.24, 2.45) is 17.8 Å². The highest BCUT2D eigenvalue weighted by atomic mass is 35.5. The number of thiophene rings is 1. The number of hydrogen-bond acceptors (Lipinski definition) is 4. The van der Waals surface area contributed by atoms with Gasteiger partial charge in [0.05, 0.1) is 21.9 Å². The molecule has 2 saturated carbocycles. The van der Waals surface area contributed by atoms with Gasteiger partial charge in [-0.15, -0.1) is 11.3 Å². The Kier molecular flexibility index (Phi) is 2.78. The van der Waals surface area contributed by atoms with E-state index in [1.54, 1.807) is 12.1 Å². The topological polar surface area (TPSA) is 40.5 Å². The van der Waals surface area contributed by atoms with Crippen LogP contribution in [-0.2, 0) is 0 Å². The van der Waals surface area contributed by atoms with Gasteiger partial charge in [-0.3, -0.25) is 9.69 Å². The first kappa shape index (κ1) is 12.3. The average Bonchev–Trinajstić information content (AvgIpc) is 3.04. The smallest absolute Gasteiger partial charge is 0.186 e. The molecule has 19 heavy (non-hydrogen) atoms. The molecule has 0 radical (unpaired) electrons. The Balaban J connectivity index is 1.51. The maximum atomic E-state index is 12.3. The van der Waals surface area contributed by atoms with Crippen LogP contribution in [0.2, 0.25) is 4.34 Å². The molecule has 1 aromatic heterocycles. The number of fused-ring (bicyclic) bond motifs is 1. The van der Waals surface area contributed by atoms with E-state index in [0.29, 0.717) is 28.6 Å². The fourth-order valence-electron chi connectivity index (χ4n) is 4.45. The van der Waals surface area contributed by atoms with Crippen LogP contribution in [0.1, 0.15) is 22.5 Å². The van der Waals surface area contributed by atoms with Gasteiger partial charge in [-0.05, 0) is 42.7 Å². The lowest BCUT2D eigenvalue weighted by molar-refractivity contribution is 0.0493. The number of likely N-dealkylation sites (tertiary alicyclic amines) is 1. The Bertz CT molecular complexity index is 529. The zero-order chi connectivity index (χ0) is 13.1. The molecule has 1 aliphatic heterocycles. The van der Waals surface area contributed by atoms with Crippen LogP contribution < -0.4 is 0 Å². The fourth-order valence-corrected chi connectivity index (χ4v) is 5.42. The van der Waals surface area contributed by atoms with Crippen LogP contribution >= 0.6 is 22.9 Å². The van der Waals surface area contributed by atoms with Gasteiger partial charge in [-0.2, -0.15) is 0 Å². The number of hydrogen-bond donors (Lipinski definition) is 1. The summed E-state index contributed by atoms with van der Waals surface area (Å²) in [6.07, 6.45) is 2.09. The van der Waals surface area contributed by atoms with Crippen molar-refractivity contribution >= 4 is 28.7 Å². The molecule has 1 aromatic rings. The number of nitrogens with zero attached hydrogens (tertiary/aromatic N) is 1. The molecule has 2 bridgehead atoms.